The number of hydroxylamine groups is 2. The Kier molecular flexibility index (Phi) is 4.12. The molecule has 94 valence electrons. The number of nitrogens with zero attached hydrogens (tertiary/aromatic N) is 1. The molecule has 0 aliphatic heterocycles. The molecule has 0 saturated heterocycles. The standard InChI is InChI=1S/C14H13Cl2NO/c1-17(2)18-14-12(8-11(15)9-13(14)16)10-6-4-3-5-7-10/h3-9H,1-2H3. The molecule has 0 saturated carbocycles. The van der Waals surface area contributed by atoms with Crippen molar-refractivity contribution in [2.24, 2.45) is 0 Å². The fourth-order valence-electron chi connectivity index (χ4n) is 1.67. The van der Waals surface area contributed by atoms with Gasteiger partial charge in [0.1, 0.15) is 0 Å². The fraction of sp³-hybridized carbons (Fsp3) is 0.143. The summed E-state index contributed by atoms with van der Waals surface area (Å²) >= 11 is 12.2. The van der Waals surface area contributed by atoms with Crippen LogP contribution in [-0.4, -0.2) is 19.2 Å². The van der Waals surface area contributed by atoms with E-state index < -0.39 is 0 Å². The molecule has 0 fully saturated rings. The molecule has 0 aliphatic rings. The predicted octanol–water partition coefficient (Wildman–Crippen LogP) is 4.52. The van der Waals surface area contributed by atoms with Crippen LogP contribution >= 0.6 is 23.2 Å². The molecule has 0 bridgehead atoms. The van der Waals surface area contributed by atoms with E-state index in [9.17, 15) is 0 Å². The van der Waals surface area contributed by atoms with Crippen molar-refractivity contribution in [2.75, 3.05) is 14.1 Å². The summed E-state index contributed by atoms with van der Waals surface area (Å²) < 4.78 is 0. The SMILES string of the molecule is CN(C)Oc1c(Cl)cc(Cl)cc1-c1ccccc1. The highest BCUT2D eigenvalue weighted by Crippen LogP contribution is 2.39. The second kappa shape index (κ2) is 5.61. The van der Waals surface area contributed by atoms with E-state index in [1.54, 1.807) is 25.2 Å². The molecule has 0 heterocycles. The zero-order valence-electron chi connectivity index (χ0n) is 10.2. The second-order valence-electron chi connectivity index (χ2n) is 4.03. The van der Waals surface area contributed by atoms with Gasteiger partial charge in [-0.25, -0.2) is 0 Å². The van der Waals surface area contributed by atoms with Crippen LogP contribution in [0.2, 0.25) is 10.0 Å². The van der Waals surface area contributed by atoms with Gasteiger partial charge in [0, 0.05) is 24.7 Å². The van der Waals surface area contributed by atoms with E-state index in [0.29, 0.717) is 15.8 Å². The Labute approximate surface area is 117 Å². The van der Waals surface area contributed by atoms with Crippen molar-refractivity contribution in [3.63, 3.8) is 0 Å². The second-order valence-corrected chi connectivity index (χ2v) is 4.88. The maximum atomic E-state index is 6.19. The minimum Gasteiger partial charge on any atom is -0.404 e. The highest BCUT2D eigenvalue weighted by molar-refractivity contribution is 6.36. The third-order valence-electron chi connectivity index (χ3n) is 2.37. The Morgan fingerprint density at radius 1 is 1.00 bits per heavy atom. The van der Waals surface area contributed by atoms with Crippen molar-refractivity contribution in [3.8, 4) is 16.9 Å². The van der Waals surface area contributed by atoms with Crippen LogP contribution in [0.3, 0.4) is 0 Å². The van der Waals surface area contributed by atoms with Gasteiger partial charge in [0.2, 0.25) is 0 Å². The molecule has 18 heavy (non-hydrogen) atoms. The summed E-state index contributed by atoms with van der Waals surface area (Å²) in [5, 5.41) is 2.68. The van der Waals surface area contributed by atoms with Gasteiger partial charge in [0.15, 0.2) is 5.75 Å². The lowest BCUT2D eigenvalue weighted by Gasteiger charge is -2.17. The maximum Gasteiger partial charge on any atom is 0.173 e. The maximum absolute atomic E-state index is 6.19. The van der Waals surface area contributed by atoms with Crippen LogP contribution < -0.4 is 4.84 Å². The van der Waals surface area contributed by atoms with Gasteiger partial charge in [0.25, 0.3) is 0 Å². The largest absolute Gasteiger partial charge is 0.404 e. The van der Waals surface area contributed by atoms with Crippen LogP contribution in [0.5, 0.6) is 5.75 Å². The third-order valence-corrected chi connectivity index (χ3v) is 2.87. The first-order chi connectivity index (χ1) is 8.58. The number of benzene rings is 2. The monoisotopic (exact) mass is 281 g/mol. The van der Waals surface area contributed by atoms with Crippen LogP contribution in [0.25, 0.3) is 11.1 Å². The van der Waals surface area contributed by atoms with E-state index >= 15 is 0 Å². The van der Waals surface area contributed by atoms with Gasteiger partial charge in [-0.1, -0.05) is 53.5 Å². The summed E-state index contributed by atoms with van der Waals surface area (Å²) in [5.41, 5.74) is 1.89. The molecule has 2 aromatic carbocycles. The molecule has 0 atom stereocenters. The molecule has 0 N–H and O–H groups in total. The van der Waals surface area contributed by atoms with Crippen molar-refractivity contribution in [2.45, 2.75) is 0 Å². The third kappa shape index (κ3) is 2.96. The smallest absolute Gasteiger partial charge is 0.173 e. The van der Waals surface area contributed by atoms with Gasteiger partial charge in [-0.3, -0.25) is 0 Å². The van der Waals surface area contributed by atoms with Crippen LogP contribution in [-0.2, 0) is 0 Å². The topological polar surface area (TPSA) is 12.5 Å². The Balaban J connectivity index is 2.57. The normalized spacial score (nSPS) is 10.7. The molecule has 0 spiro atoms. The molecule has 4 heteroatoms. The van der Waals surface area contributed by atoms with Gasteiger partial charge < -0.3 is 4.84 Å². The lowest BCUT2D eigenvalue weighted by Crippen LogP contribution is -2.16. The van der Waals surface area contributed by atoms with E-state index in [1.807, 2.05) is 36.4 Å². The summed E-state index contributed by atoms with van der Waals surface area (Å²) in [6, 6.07) is 13.4. The van der Waals surface area contributed by atoms with E-state index in [1.165, 1.54) is 0 Å². The summed E-state index contributed by atoms with van der Waals surface area (Å²) in [7, 11) is 3.61. The van der Waals surface area contributed by atoms with Crippen molar-refractivity contribution in [1.82, 2.24) is 5.06 Å². The molecule has 2 aromatic rings. The van der Waals surface area contributed by atoms with Crippen LogP contribution in [0, 0.1) is 0 Å². The number of hydrogen-bond donors (Lipinski definition) is 0. The van der Waals surface area contributed by atoms with Gasteiger partial charge in [-0.15, -0.1) is 0 Å². The highest BCUT2D eigenvalue weighted by atomic mass is 35.5. The minimum atomic E-state index is 0.495. The molecular formula is C14H13Cl2NO. The summed E-state index contributed by atoms with van der Waals surface area (Å²) in [4.78, 5) is 5.63. The average molecular weight is 282 g/mol. The molecule has 0 aromatic heterocycles. The average Bonchev–Trinajstić information content (AvgIpc) is 2.33. The first-order valence-electron chi connectivity index (χ1n) is 5.47. The minimum absolute atomic E-state index is 0.495. The van der Waals surface area contributed by atoms with Crippen molar-refractivity contribution < 1.29 is 4.84 Å². The van der Waals surface area contributed by atoms with Crippen LogP contribution in [0.1, 0.15) is 0 Å². The Hall–Kier alpha value is -1.22. The highest BCUT2D eigenvalue weighted by Gasteiger charge is 2.13. The lowest BCUT2D eigenvalue weighted by atomic mass is 10.0. The molecule has 0 unspecified atom stereocenters. The number of hydrogen-bond acceptors (Lipinski definition) is 2. The van der Waals surface area contributed by atoms with Crippen molar-refractivity contribution in [1.29, 1.82) is 0 Å². The van der Waals surface area contributed by atoms with Crippen LogP contribution in [0.15, 0.2) is 42.5 Å². The predicted molar refractivity (Wildman–Crippen MR) is 76.2 cm³/mol. The van der Waals surface area contributed by atoms with Gasteiger partial charge >= 0.3 is 0 Å². The fourth-order valence-corrected chi connectivity index (χ4v) is 2.20. The number of halogens is 2. The molecule has 0 radical (unpaired) electrons. The van der Waals surface area contributed by atoms with Crippen molar-refractivity contribution in [3.05, 3.63) is 52.5 Å². The first-order valence-corrected chi connectivity index (χ1v) is 6.23. The summed E-state index contributed by atoms with van der Waals surface area (Å²) in [6.07, 6.45) is 0. The molecule has 0 aliphatic carbocycles. The number of rotatable bonds is 3. The van der Waals surface area contributed by atoms with Crippen LogP contribution in [0.4, 0.5) is 0 Å². The van der Waals surface area contributed by atoms with E-state index in [2.05, 4.69) is 0 Å². The van der Waals surface area contributed by atoms with E-state index in [4.69, 9.17) is 28.0 Å². The first kappa shape index (κ1) is 13.2. The Morgan fingerprint density at radius 2 is 1.67 bits per heavy atom. The zero-order valence-corrected chi connectivity index (χ0v) is 11.7. The molecular weight excluding hydrogens is 269 g/mol. The molecule has 0 amide bonds. The Morgan fingerprint density at radius 3 is 2.28 bits per heavy atom. The van der Waals surface area contributed by atoms with E-state index in [0.717, 1.165) is 11.1 Å². The van der Waals surface area contributed by atoms with Gasteiger partial charge in [-0.05, 0) is 17.7 Å². The molecule has 2 nitrogen and oxygen atoms in total. The Bertz CT molecular complexity index is 541. The lowest BCUT2D eigenvalue weighted by molar-refractivity contribution is -0.00247. The van der Waals surface area contributed by atoms with Crippen molar-refractivity contribution >= 4 is 23.2 Å². The quantitative estimate of drug-likeness (QED) is 0.768. The van der Waals surface area contributed by atoms with Gasteiger partial charge in [-0.2, -0.15) is 5.06 Å². The summed E-state index contributed by atoms with van der Waals surface area (Å²) in [5.74, 6) is 0.609. The summed E-state index contributed by atoms with van der Waals surface area (Å²) in [6.45, 7) is 0. The van der Waals surface area contributed by atoms with E-state index in [-0.39, 0.29) is 0 Å². The van der Waals surface area contributed by atoms with Gasteiger partial charge in [0.05, 0.1) is 5.02 Å². The zero-order chi connectivity index (χ0) is 13.1. The molecule has 2 rings (SSSR count).